The minimum absolute atomic E-state index is 0.0353. The first-order valence-corrected chi connectivity index (χ1v) is 14.2. The predicted molar refractivity (Wildman–Crippen MR) is 160 cm³/mol. The van der Waals surface area contributed by atoms with E-state index in [9.17, 15) is 18.0 Å². The van der Waals surface area contributed by atoms with Crippen molar-refractivity contribution < 1.29 is 27.4 Å². The standard InChI is InChI=1S/C32H31ClF3N3O3/c33-28-13-10-23(20-27(28)32(34,35)36)37-31(40)38-29-14-15-30(26-7-3-2-6-25(26)29)42-21-22-8-11-24(12-9-22)41-19-18-39-16-4-1-5-17-39/h2-3,6-15,20H,1,4-5,16-19,21H2,(H2,37,38,40). The molecule has 0 aromatic heterocycles. The number of nitrogens with one attached hydrogen (secondary N) is 2. The van der Waals surface area contributed by atoms with Gasteiger partial charge in [-0.3, -0.25) is 4.90 Å². The lowest BCUT2D eigenvalue weighted by Crippen LogP contribution is -2.33. The summed E-state index contributed by atoms with van der Waals surface area (Å²) in [6.45, 7) is 4.23. The fourth-order valence-electron chi connectivity index (χ4n) is 4.93. The number of carbonyl (C=O) groups is 1. The molecular formula is C32H31ClF3N3O3. The summed E-state index contributed by atoms with van der Waals surface area (Å²) < 4.78 is 51.6. The summed E-state index contributed by atoms with van der Waals surface area (Å²) >= 11 is 5.67. The molecule has 1 heterocycles. The van der Waals surface area contributed by atoms with Crippen molar-refractivity contribution in [1.82, 2.24) is 4.90 Å². The zero-order chi connectivity index (χ0) is 29.5. The zero-order valence-electron chi connectivity index (χ0n) is 22.8. The van der Waals surface area contributed by atoms with Gasteiger partial charge in [0, 0.05) is 23.0 Å². The fourth-order valence-corrected chi connectivity index (χ4v) is 5.15. The van der Waals surface area contributed by atoms with Crippen LogP contribution in [0.5, 0.6) is 11.5 Å². The van der Waals surface area contributed by atoms with Crippen LogP contribution in [0.25, 0.3) is 10.8 Å². The molecular weight excluding hydrogens is 567 g/mol. The first-order chi connectivity index (χ1) is 20.3. The first kappa shape index (κ1) is 29.5. The molecule has 0 aliphatic carbocycles. The van der Waals surface area contributed by atoms with Gasteiger partial charge in [-0.05, 0) is 74.0 Å². The van der Waals surface area contributed by atoms with Crippen LogP contribution in [-0.4, -0.2) is 37.2 Å². The van der Waals surface area contributed by atoms with E-state index in [0.717, 1.165) is 53.9 Å². The number of urea groups is 1. The molecule has 2 amide bonds. The molecule has 0 spiro atoms. The van der Waals surface area contributed by atoms with Crippen molar-refractivity contribution in [2.24, 2.45) is 0 Å². The van der Waals surface area contributed by atoms with Crippen LogP contribution in [0.15, 0.2) is 78.9 Å². The van der Waals surface area contributed by atoms with Gasteiger partial charge in [-0.2, -0.15) is 13.2 Å². The maximum absolute atomic E-state index is 13.2. The number of ether oxygens (including phenoxy) is 2. The molecule has 0 saturated carbocycles. The Morgan fingerprint density at radius 2 is 1.60 bits per heavy atom. The average Bonchev–Trinajstić information content (AvgIpc) is 2.98. The number of rotatable bonds is 9. The van der Waals surface area contributed by atoms with Gasteiger partial charge >= 0.3 is 12.2 Å². The number of benzene rings is 4. The average molecular weight is 598 g/mol. The molecule has 42 heavy (non-hydrogen) atoms. The number of amides is 2. The number of anilines is 2. The summed E-state index contributed by atoms with van der Waals surface area (Å²) in [6, 6.07) is 21.2. The van der Waals surface area contributed by atoms with Gasteiger partial charge in [-0.1, -0.05) is 54.4 Å². The highest BCUT2D eigenvalue weighted by atomic mass is 35.5. The van der Waals surface area contributed by atoms with Gasteiger partial charge in [0.25, 0.3) is 0 Å². The number of nitrogens with zero attached hydrogens (tertiary/aromatic N) is 1. The lowest BCUT2D eigenvalue weighted by atomic mass is 10.1. The Morgan fingerprint density at radius 1 is 0.857 bits per heavy atom. The molecule has 4 aromatic carbocycles. The largest absolute Gasteiger partial charge is 0.492 e. The lowest BCUT2D eigenvalue weighted by molar-refractivity contribution is -0.137. The summed E-state index contributed by atoms with van der Waals surface area (Å²) in [5, 5.41) is 6.20. The number of alkyl halides is 3. The van der Waals surface area contributed by atoms with Gasteiger partial charge in [-0.15, -0.1) is 0 Å². The molecule has 5 rings (SSSR count). The SMILES string of the molecule is O=C(Nc1ccc(Cl)c(C(F)(F)F)c1)Nc1ccc(OCc2ccc(OCCN3CCCCC3)cc2)c2ccccc12. The van der Waals surface area contributed by atoms with E-state index in [2.05, 4.69) is 15.5 Å². The first-order valence-electron chi connectivity index (χ1n) is 13.8. The van der Waals surface area contributed by atoms with Gasteiger partial charge < -0.3 is 20.1 Å². The molecule has 1 aliphatic rings. The molecule has 0 radical (unpaired) electrons. The minimum atomic E-state index is -4.64. The van der Waals surface area contributed by atoms with E-state index < -0.39 is 22.8 Å². The van der Waals surface area contributed by atoms with E-state index in [1.54, 1.807) is 12.1 Å². The molecule has 1 saturated heterocycles. The van der Waals surface area contributed by atoms with Gasteiger partial charge in [0.15, 0.2) is 0 Å². The van der Waals surface area contributed by atoms with E-state index in [4.69, 9.17) is 21.1 Å². The number of fused-ring (bicyclic) bond motifs is 1. The van der Waals surface area contributed by atoms with Crippen LogP contribution in [0.2, 0.25) is 5.02 Å². The topological polar surface area (TPSA) is 62.8 Å². The van der Waals surface area contributed by atoms with E-state index in [1.165, 1.54) is 25.3 Å². The number of likely N-dealkylation sites (tertiary alicyclic amines) is 1. The molecule has 6 nitrogen and oxygen atoms in total. The van der Waals surface area contributed by atoms with Crippen LogP contribution >= 0.6 is 11.6 Å². The van der Waals surface area contributed by atoms with Crippen molar-refractivity contribution in [2.75, 3.05) is 36.9 Å². The van der Waals surface area contributed by atoms with Crippen molar-refractivity contribution in [3.05, 3.63) is 95.0 Å². The molecule has 4 aromatic rings. The van der Waals surface area contributed by atoms with Crippen molar-refractivity contribution in [1.29, 1.82) is 0 Å². The predicted octanol–water partition coefficient (Wildman–Crippen LogP) is 8.60. The second kappa shape index (κ2) is 13.4. The zero-order valence-corrected chi connectivity index (χ0v) is 23.6. The van der Waals surface area contributed by atoms with Gasteiger partial charge in [0.1, 0.15) is 24.7 Å². The highest BCUT2D eigenvalue weighted by Gasteiger charge is 2.33. The summed E-state index contributed by atoms with van der Waals surface area (Å²) in [7, 11) is 0. The quantitative estimate of drug-likeness (QED) is 0.203. The van der Waals surface area contributed by atoms with Crippen LogP contribution in [-0.2, 0) is 12.8 Å². The number of hydrogen-bond donors (Lipinski definition) is 2. The van der Waals surface area contributed by atoms with E-state index in [0.29, 0.717) is 24.7 Å². The highest BCUT2D eigenvalue weighted by molar-refractivity contribution is 6.31. The summed E-state index contributed by atoms with van der Waals surface area (Å²) in [5.41, 5.74) is 0.396. The van der Waals surface area contributed by atoms with Gasteiger partial charge in [0.05, 0.1) is 16.3 Å². The van der Waals surface area contributed by atoms with E-state index >= 15 is 0 Å². The fraction of sp³-hybridized carbons (Fsp3) is 0.281. The van der Waals surface area contributed by atoms with Crippen molar-refractivity contribution in [3.8, 4) is 11.5 Å². The Kier molecular flexibility index (Phi) is 9.39. The Labute approximate surface area is 247 Å². The Morgan fingerprint density at radius 3 is 2.33 bits per heavy atom. The Bertz CT molecular complexity index is 1520. The third-order valence-corrected chi connectivity index (χ3v) is 7.43. The van der Waals surface area contributed by atoms with Crippen LogP contribution in [0.4, 0.5) is 29.3 Å². The number of piperidine rings is 1. The van der Waals surface area contributed by atoms with Crippen LogP contribution in [0, 0.1) is 0 Å². The Balaban J connectivity index is 1.19. The Hall–Kier alpha value is -3.95. The maximum atomic E-state index is 13.2. The molecule has 2 N–H and O–H groups in total. The third kappa shape index (κ3) is 7.66. The molecule has 220 valence electrons. The monoisotopic (exact) mass is 597 g/mol. The van der Waals surface area contributed by atoms with Crippen LogP contribution < -0.4 is 20.1 Å². The normalized spacial score (nSPS) is 14.0. The molecule has 0 atom stereocenters. The highest BCUT2D eigenvalue weighted by Crippen LogP contribution is 2.36. The van der Waals surface area contributed by atoms with Crippen LogP contribution in [0.1, 0.15) is 30.4 Å². The molecule has 10 heteroatoms. The van der Waals surface area contributed by atoms with E-state index in [1.807, 2.05) is 48.5 Å². The van der Waals surface area contributed by atoms with Crippen molar-refractivity contribution in [3.63, 3.8) is 0 Å². The molecule has 1 fully saturated rings. The molecule has 1 aliphatic heterocycles. The number of carbonyl (C=O) groups excluding carboxylic acids is 1. The molecule has 0 bridgehead atoms. The second-order valence-corrected chi connectivity index (χ2v) is 10.5. The number of halogens is 4. The summed E-state index contributed by atoms with van der Waals surface area (Å²) in [5.74, 6) is 1.45. The van der Waals surface area contributed by atoms with Gasteiger partial charge in [0.2, 0.25) is 0 Å². The lowest BCUT2D eigenvalue weighted by Gasteiger charge is -2.26. The van der Waals surface area contributed by atoms with E-state index in [-0.39, 0.29) is 5.69 Å². The minimum Gasteiger partial charge on any atom is -0.492 e. The molecule has 0 unspecified atom stereocenters. The summed E-state index contributed by atoms with van der Waals surface area (Å²) in [4.78, 5) is 15.1. The van der Waals surface area contributed by atoms with Crippen molar-refractivity contribution >= 4 is 39.8 Å². The second-order valence-electron chi connectivity index (χ2n) is 10.1. The third-order valence-electron chi connectivity index (χ3n) is 7.10. The number of hydrogen-bond acceptors (Lipinski definition) is 4. The smallest absolute Gasteiger partial charge is 0.417 e. The maximum Gasteiger partial charge on any atom is 0.417 e. The van der Waals surface area contributed by atoms with Crippen LogP contribution in [0.3, 0.4) is 0 Å². The van der Waals surface area contributed by atoms with Crippen molar-refractivity contribution in [2.45, 2.75) is 32.0 Å². The summed E-state index contributed by atoms with van der Waals surface area (Å²) in [6.07, 6.45) is -0.798. The van der Waals surface area contributed by atoms with Gasteiger partial charge in [-0.25, -0.2) is 4.79 Å².